The minimum atomic E-state index is 0.779. The zero-order valence-corrected chi connectivity index (χ0v) is 9.44. The van der Waals surface area contributed by atoms with E-state index in [1.165, 1.54) is 0 Å². The van der Waals surface area contributed by atoms with E-state index in [4.69, 9.17) is 4.84 Å². The van der Waals surface area contributed by atoms with Gasteiger partial charge in [0.1, 0.15) is 0 Å². The fourth-order valence-electron chi connectivity index (χ4n) is 0.974. The van der Waals surface area contributed by atoms with Crippen molar-refractivity contribution in [2.75, 3.05) is 19.7 Å². The molecule has 0 fully saturated rings. The Morgan fingerprint density at radius 1 is 0.786 bits per heavy atom. The Balaban J connectivity index is 0.000000249. The predicted molar refractivity (Wildman–Crippen MR) is 61.0 cm³/mol. The Hall–Kier alpha value is -0.860. The van der Waals surface area contributed by atoms with Gasteiger partial charge in [0.15, 0.2) is 0 Å². The summed E-state index contributed by atoms with van der Waals surface area (Å²) >= 11 is 0. The molecule has 2 nitrogen and oxygen atoms in total. The standard InChI is InChI=1S/C6H15NO.C6H6/c1-4-7(5-2)8-6-3;1-2-4-6-5-3-1/h4-6H2,1-3H3;1-6H. The maximum Gasteiger partial charge on any atom is 0.0656 e. The number of hydrogen-bond acceptors (Lipinski definition) is 2. The predicted octanol–water partition coefficient (Wildman–Crippen LogP) is 2.97. The highest BCUT2D eigenvalue weighted by Crippen LogP contribution is 1.86. The summed E-state index contributed by atoms with van der Waals surface area (Å²) in [5.74, 6) is 0. The van der Waals surface area contributed by atoms with Gasteiger partial charge in [-0.25, -0.2) is 0 Å². The molecule has 0 saturated heterocycles. The van der Waals surface area contributed by atoms with E-state index in [0.717, 1.165) is 19.7 Å². The quantitative estimate of drug-likeness (QED) is 0.685. The molecule has 0 heterocycles. The summed E-state index contributed by atoms with van der Waals surface area (Å²) < 4.78 is 0. The lowest BCUT2D eigenvalue weighted by molar-refractivity contribution is -0.147. The minimum Gasteiger partial charge on any atom is -0.299 e. The molecule has 0 atom stereocenters. The zero-order valence-electron chi connectivity index (χ0n) is 9.44. The monoisotopic (exact) mass is 195 g/mol. The number of rotatable bonds is 4. The van der Waals surface area contributed by atoms with Crippen LogP contribution in [-0.4, -0.2) is 24.8 Å². The Morgan fingerprint density at radius 3 is 1.29 bits per heavy atom. The molecular formula is C12H21NO. The van der Waals surface area contributed by atoms with Crippen molar-refractivity contribution in [2.24, 2.45) is 0 Å². The van der Waals surface area contributed by atoms with Gasteiger partial charge in [0.25, 0.3) is 0 Å². The highest BCUT2D eigenvalue weighted by molar-refractivity contribution is 4.99. The molecule has 1 aromatic rings. The van der Waals surface area contributed by atoms with E-state index in [2.05, 4.69) is 13.8 Å². The summed E-state index contributed by atoms with van der Waals surface area (Å²) in [4.78, 5) is 5.17. The first-order chi connectivity index (χ1) is 6.85. The molecule has 0 aromatic heterocycles. The summed E-state index contributed by atoms with van der Waals surface area (Å²) in [6.07, 6.45) is 0. The molecule has 0 spiro atoms. The lowest BCUT2D eigenvalue weighted by Crippen LogP contribution is -2.22. The van der Waals surface area contributed by atoms with Crippen molar-refractivity contribution in [3.05, 3.63) is 36.4 Å². The van der Waals surface area contributed by atoms with E-state index in [1.807, 2.05) is 48.4 Å². The van der Waals surface area contributed by atoms with E-state index in [1.54, 1.807) is 0 Å². The maximum absolute atomic E-state index is 5.17. The van der Waals surface area contributed by atoms with Crippen molar-refractivity contribution in [3.8, 4) is 0 Å². The third kappa shape index (κ3) is 7.77. The second-order valence-corrected chi connectivity index (χ2v) is 2.69. The first-order valence-corrected chi connectivity index (χ1v) is 5.23. The molecule has 80 valence electrons. The largest absolute Gasteiger partial charge is 0.299 e. The lowest BCUT2D eigenvalue weighted by Gasteiger charge is -2.15. The molecule has 0 saturated carbocycles. The average molecular weight is 195 g/mol. The van der Waals surface area contributed by atoms with Crippen LogP contribution in [0.25, 0.3) is 0 Å². The molecule has 0 aliphatic rings. The third-order valence-electron chi connectivity index (χ3n) is 1.68. The number of hydrogen-bond donors (Lipinski definition) is 0. The second-order valence-electron chi connectivity index (χ2n) is 2.69. The van der Waals surface area contributed by atoms with Gasteiger partial charge >= 0.3 is 0 Å². The van der Waals surface area contributed by atoms with E-state index in [-0.39, 0.29) is 0 Å². The molecule has 0 aliphatic heterocycles. The van der Waals surface area contributed by atoms with Crippen LogP contribution in [0.3, 0.4) is 0 Å². The molecule has 14 heavy (non-hydrogen) atoms. The minimum absolute atomic E-state index is 0.779. The van der Waals surface area contributed by atoms with Gasteiger partial charge in [0.2, 0.25) is 0 Å². The van der Waals surface area contributed by atoms with Crippen LogP contribution in [0, 0.1) is 0 Å². The summed E-state index contributed by atoms with van der Waals surface area (Å²) in [5.41, 5.74) is 0. The molecule has 0 bridgehead atoms. The van der Waals surface area contributed by atoms with Crippen LogP contribution >= 0.6 is 0 Å². The Morgan fingerprint density at radius 2 is 1.14 bits per heavy atom. The van der Waals surface area contributed by atoms with Gasteiger partial charge in [-0.3, -0.25) is 4.84 Å². The van der Waals surface area contributed by atoms with Gasteiger partial charge in [-0.2, -0.15) is 5.06 Å². The molecule has 0 N–H and O–H groups in total. The molecule has 0 unspecified atom stereocenters. The van der Waals surface area contributed by atoms with Crippen molar-refractivity contribution in [1.82, 2.24) is 5.06 Å². The van der Waals surface area contributed by atoms with Crippen LogP contribution in [0.2, 0.25) is 0 Å². The summed E-state index contributed by atoms with van der Waals surface area (Å²) in [7, 11) is 0. The van der Waals surface area contributed by atoms with E-state index < -0.39 is 0 Å². The Bertz CT molecular complexity index is 158. The fraction of sp³-hybridized carbons (Fsp3) is 0.500. The van der Waals surface area contributed by atoms with Gasteiger partial charge in [-0.15, -0.1) is 0 Å². The first-order valence-electron chi connectivity index (χ1n) is 5.23. The molecule has 0 radical (unpaired) electrons. The van der Waals surface area contributed by atoms with Crippen molar-refractivity contribution in [2.45, 2.75) is 20.8 Å². The highest BCUT2D eigenvalue weighted by Gasteiger charge is 1.93. The summed E-state index contributed by atoms with van der Waals surface area (Å²) in [5, 5.41) is 1.93. The van der Waals surface area contributed by atoms with Gasteiger partial charge in [-0.1, -0.05) is 50.2 Å². The van der Waals surface area contributed by atoms with Gasteiger partial charge in [0, 0.05) is 13.1 Å². The van der Waals surface area contributed by atoms with Crippen molar-refractivity contribution < 1.29 is 4.84 Å². The number of hydroxylamine groups is 2. The number of nitrogens with zero attached hydrogens (tertiary/aromatic N) is 1. The zero-order chi connectivity index (χ0) is 10.6. The van der Waals surface area contributed by atoms with E-state index >= 15 is 0 Å². The van der Waals surface area contributed by atoms with E-state index in [0.29, 0.717) is 0 Å². The van der Waals surface area contributed by atoms with Crippen molar-refractivity contribution in [1.29, 1.82) is 0 Å². The summed E-state index contributed by atoms with van der Waals surface area (Å²) in [6, 6.07) is 12.0. The smallest absolute Gasteiger partial charge is 0.0656 e. The third-order valence-corrected chi connectivity index (χ3v) is 1.68. The van der Waals surface area contributed by atoms with Gasteiger partial charge in [0.05, 0.1) is 6.61 Å². The lowest BCUT2D eigenvalue weighted by atomic mass is 10.4. The van der Waals surface area contributed by atoms with Crippen molar-refractivity contribution >= 4 is 0 Å². The SMILES string of the molecule is CCON(CC)CC.c1ccccc1. The van der Waals surface area contributed by atoms with E-state index in [9.17, 15) is 0 Å². The topological polar surface area (TPSA) is 12.5 Å². The molecule has 0 amide bonds. The Kier molecular flexibility index (Phi) is 9.59. The first kappa shape index (κ1) is 13.1. The van der Waals surface area contributed by atoms with Crippen LogP contribution in [0.5, 0.6) is 0 Å². The molecule has 1 rings (SSSR count). The number of benzene rings is 1. The van der Waals surface area contributed by atoms with Crippen LogP contribution in [0.1, 0.15) is 20.8 Å². The van der Waals surface area contributed by atoms with Crippen LogP contribution in [0.15, 0.2) is 36.4 Å². The fourth-order valence-corrected chi connectivity index (χ4v) is 0.974. The highest BCUT2D eigenvalue weighted by atomic mass is 16.7. The second kappa shape index (κ2) is 10.2. The Labute approximate surface area is 87.5 Å². The molecule has 1 aromatic carbocycles. The van der Waals surface area contributed by atoms with Crippen LogP contribution in [0.4, 0.5) is 0 Å². The van der Waals surface area contributed by atoms with Crippen LogP contribution in [-0.2, 0) is 4.84 Å². The summed E-state index contributed by atoms with van der Waals surface area (Å²) in [6.45, 7) is 8.90. The van der Waals surface area contributed by atoms with Crippen molar-refractivity contribution in [3.63, 3.8) is 0 Å². The van der Waals surface area contributed by atoms with Crippen LogP contribution < -0.4 is 0 Å². The maximum atomic E-state index is 5.17. The van der Waals surface area contributed by atoms with Gasteiger partial charge < -0.3 is 0 Å². The average Bonchev–Trinajstić information content (AvgIpc) is 2.29. The normalized spacial score (nSPS) is 9.43. The molecule has 2 heteroatoms. The van der Waals surface area contributed by atoms with Gasteiger partial charge in [-0.05, 0) is 6.92 Å². The molecular weight excluding hydrogens is 174 g/mol. The molecule has 0 aliphatic carbocycles.